The van der Waals surface area contributed by atoms with E-state index in [9.17, 15) is 0 Å². The monoisotopic (exact) mass is 139 g/mol. The number of nitrogens with one attached hydrogen (secondary N) is 1. The van der Waals surface area contributed by atoms with Crippen LogP contribution in [0.5, 0.6) is 0 Å². The van der Waals surface area contributed by atoms with Crippen LogP contribution in [0.1, 0.15) is 0 Å². The van der Waals surface area contributed by atoms with Gasteiger partial charge in [0.05, 0.1) is 0 Å². The van der Waals surface area contributed by atoms with Crippen molar-refractivity contribution in [2.75, 3.05) is 19.2 Å². The number of ether oxygens (including phenoxy) is 1. The van der Waals surface area contributed by atoms with Crippen LogP contribution < -0.4 is 5.32 Å². The van der Waals surface area contributed by atoms with Gasteiger partial charge in [-0.1, -0.05) is 0 Å². The fourth-order valence-electron chi connectivity index (χ4n) is 0.541. The van der Waals surface area contributed by atoms with Crippen molar-refractivity contribution < 1.29 is 4.74 Å². The van der Waals surface area contributed by atoms with Crippen molar-refractivity contribution in [2.45, 2.75) is 0 Å². The van der Waals surface area contributed by atoms with Gasteiger partial charge in [-0.2, -0.15) is 0 Å². The van der Waals surface area contributed by atoms with Gasteiger partial charge in [0.25, 0.3) is 0 Å². The fraction of sp³-hybridized carbons (Fsp3) is 0.333. The minimum atomic E-state index is 0.469. The van der Waals surface area contributed by atoms with Gasteiger partial charge in [-0.15, -0.1) is 0 Å². The van der Waals surface area contributed by atoms with Crippen molar-refractivity contribution in [1.29, 1.82) is 0 Å². The van der Waals surface area contributed by atoms with Crippen LogP contribution in [0.25, 0.3) is 0 Å². The maximum absolute atomic E-state index is 4.77. The van der Waals surface area contributed by atoms with Crippen molar-refractivity contribution in [3.05, 3.63) is 18.6 Å². The zero-order valence-corrected chi connectivity index (χ0v) is 5.74. The van der Waals surface area contributed by atoms with Gasteiger partial charge >= 0.3 is 0 Å². The van der Waals surface area contributed by atoms with E-state index in [4.69, 9.17) is 4.74 Å². The molecular weight excluding hydrogens is 130 g/mol. The first kappa shape index (κ1) is 6.95. The lowest BCUT2D eigenvalue weighted by atomic mass is 10.6. The Morgan fingerprint density at radius 3 is 3.20 bits per heavy atom. The van der Waals surface area contributed by atoms with Gasteiger partial charge in [-0.25, -0.2) is 9.97 Å². The Labute approximate surface area is 59.3 Å². The molecule has 0 unspecified atom stereocenters. The number of anilines is 1. The summed E-state index contributed by atoms with van der Waals surface area (Å²) in [5, 5.41) is 2.92. The van der Waals surface area contributed by atoms with Crippen molar-refractivity contribution in [2.24, 2.45) is 0 Å². The Balaban J connectivity index is 2.43. The third kappa shape index (κ3) is 1.99. The molecule has 0 aliphatic rings. The van der Waals surface area contributed by atoms with Crippen LogP contribution >= 0.6 is 0 Å². The Bertz CT molecular complexity index is 178. The van der Waals surface area contributed by atoms with Crippen molar-refractivity contribution in [3.63, 3.8) is 0 Å². The summed E-state index contributed by atoms with van der Waals surface area (Å²) in [4.78, 5) is 7.68. The van der Waals surface area contributed by atoms with Crippen LogP contribution in [-0.2, 0) is 4.74 Å². The molecule has 54 valence electrons. The van der Waals surface area contributed by atoms with Gasteiger partial charge in [0.2, 0.25) is 0 Å². The average Bonchev–Trinajstić information content (AvgIpc) is 2.03. The van der Waals surface area contributed by atoms with E-state index >= 15 is 0 Å². The number of hydrogen-bond acceptors (Lipinski definition) is 4. The summed E-state index contributed by atoms with van der Waals surface area (Å²) in [6, 6.07) is 1.78. The Morgan fingerprint density at radius 2 is 2.60 bits per heavy atom. The molecule has 0 aliphatic heterocycles. The molecule has 0 amide bonds. The van der Waals surface area contributed by atoms with Crippen molar-refractivity contribution in [1.82, 2.24) is 9.97 Å². The highest BCUT2D eigenvalue weighted by Gasteiger charge is 1.86. The summed E-state index contributed by atoms with van der Waals surface area (Å²) in [6.45, 7) is 0.469. The molecule has 0 aromatic carbocycles. The number of rotatable bonds is 3. The zero-order chi connectivity index (χ0) is 7.23. The van der Waals surface area contributed by atoms with Crippen molar-refractivity contribution in [3.8, 4) is 0 Å². The van der Waals surface area contributed by atoms with E-state index in [1.54, 1.807) is 19.4 Å². The predicted octanol–water partition coefficient (Wildman–Crippen LogP) is 0.492. The largest absolute Gasteiger partial charge is 0.365 e. The van der Waals surface area contributed by atoms with Crippen molar-refractivity contribution >= 4 is 5.82 Å². The lowest BCUT2D eigenvalue weighted by Gasteiger charge is -2.00. The van der Waals surface area contributed by atoms with Gasteiger partial charge in [0.15, 0.2) is 0 Å². The SMILES string of the molecule is COCNc1ccncn1. The molecule has 0 spiro atoms. The van der Waals surface area contributed by atoms with E-state index in [0.29, 0.717) is 6.73 Å². The molecule has 10 heavy (non-hydrogen) atoms. The second kappa shape index (κ2) is 3.79. The summed E-state index contributed by atoms with van der Waals surface area (Å²) < 4.78 is 4.77. The smallest absolute Gasteiger partial charge is 0.131 e. The Kier molecular flexibility index (Phi) is 2.63. The first-order valence-corrected chi connectivity index (χ1v) is 2.92. The van der Waals surface area contributed by atoms with Crippen LogP contribution in [0, 0.1) is 0 Å². The lowest BCUT2D eigenvalue weighted by molar-refractivity contribution is 0.221. The maximum Gasteiger partial charge on any atom is 0.131 e. The molecular formula is C6H9N3O. The number of methoxy groups -OCH3 is 1. The van der Waals surface area contributed by atoms with Crippen LogP contribution in [-0.4, -0.2) is 23.8 Å². The molecule has 0 bridgehead atoms. The van der Waals surface area contributed by atoms with E-state index < -0.39 is 0 Å². The minimum Gasteiger partial charge on any atom is -0.365 e. The minimum absolute atomic E-state index is 0.469. The molecule has 0 saturated carbocycles. The van der Waals surface area contributed by atoms with Gasteiger partial charge in [0, 0.05) is 13.3 Å². The molecule has 0 saturated heterocycles. The summed E-state index contributed by atoms with van der Waals surface area (Å²) in [7, 11) is 1.62. The molecule has 1 N–H and O–H groups in total. The standard InChI is InChI=1S/C6H9N3O/c1-10-5-9-6-2-3-7-4-8-6/h2-4H,5H2,1H3,(H,7,8,9). The molecule has 1 rings (SSSR count). The fourth-order valence-corrected chi connectivity index (χ4v) is 0.541. The summed E-state index contributed by atoms with van der Waals surface area (Å²) in [5.74, 6) is 0.775. The number of hydrogen-bond donors (Lipinski definition) is 1. The third-order valence-electron chi connectivity index (χ3n) is 0.980. The van der Waals surface area contributed by atoms with E-state index in [0.717, 1.165) is 5.82 Å². The first-order valence-electron chi connectivity index (χ1n) is 2.92. The number of aromatic nitrogens is 2. The second-order valence-corrected chi connectivity index (χ2v) is 1.70. The van der Waals surface area contributed by atoms with Gasteiger partial charge in [-0.3, -0.25) is 0 Å². The van der Waals surface area contributed by atoms with E-state index in [2.05, 4.69) is 15.3 Å². The predicted molar refractivity (Wildman–Crippen MR) is 37.5 cm³/mol. The highest BCUT2D eigenvalue weighted by atomic mass is 16.5. The molecule has 0 atom stereocenters. The molecule has 1 aromatic rings. The quantitative estimate of drug-likeness (QED) is 0.619. The molecule has 4 nitrogen and oxygen atoms in total. The van der Waals surface area contributed by atoms with Crippen LogP contribution in [0.15, 0.2) is 18.6 Å². The maximum atomic E-state index is 4.77. The highest BCUT2D eigenvalue weighted by Crippen LogP contribution is 1.95. The van der Waals surface area contributed by atoms with Crippen LogP contribution in [0.3, 0.4) is 0 Å². The first-order chi connectivity index (χ1) is 4.93. The summed E-state index contributed by atoms with van der Waals surface area (Å²) >= 11 is 0. The topological polar surface area (TPSA) is 47.0 Å². The van der Waals surface area contributed by atoms with E-state index in [1.807, 2.05) is 0 Å². The van der Waals surface area contributed by atoms with E-state index in [-0.39, 0.29) is 0 Å². The molecule has 4 heteroatoms. The normalized spacial score (nSPS) is 9.30. The molecule has 1 aromatic heterocycles. The molecule has 0 aliphatic carbocycles. The third-order valence-corrected chi connectivity index (χ3v) is 0.980. The Hall–Kier alpha value is -1.16. The van der Waals surface area contributed by atoms with Gasteiger partial charge in [0.1, 0.15) is 18.9 Å². The van der Waals surface area contributed by atoms with Crippen LogP contribution in [0.4, 0.5) is 5.82 Å². The molecule has 0 radical (unpaired) electrons. The lowest BCUT2D eigenvalue weighted by Crippen LogP contribution is -2.04. The number of nitrogens with zero attached hydrogens (tertiary/aromatic N) is 2. The average molecular weight is 139 g/mol. The second-order valence-electron chi connectivity index (χ2n) is 1.70. The highest BCUT2D eigenvalue weighted by molar-refractivity contribution is 5.30. The molecule has 0 fully saturated rings. The zero-order valence-electron chi connectivity index (χ0n) is 5.74. The molecule has 1 heterocycles. The van der Waals surface area contributed by atoms with Crippen LogP contribution in [0.2, 0.25) is 0 Å². The summed E-state index contributed by atoms with van der Waals surface area (Å²) in [5.41, 5.74) is 0. The Morgan fingerprint density at radius 1 is 1.70 bits per heavy atom. The van der Waals surface area contributed by atoms with E-state index in [1.165, 1.54) is 6.33 Å². The van der Waals surface area contributed by atoms with Gasteiger partial charge < -0.3 is 10.1 Å². The van der Waals surface area contributed by atoms with Gasteiger partial charge in [-0.05, 0) is 6.07 Å². The summed E-state index contributed by atoms with van der Waals surface area (Å²) in [6.07, 6.45) is 3.16.